The molecule has 1 unspecified atom stereocenters. The van der Waals surface area contributed by atoms with Crippen molar-refractivity contribution >= 4 is 35.1 Å². The van der Waals surface area contributed by atoms with Crippen LogP contribution in [0.25, 0.3) is 0 Å². The smallest absolute Gasteiger partial charge is 0.325 e. The van der Waals surface area contributed by atoms with Crippen LogP contribution in [0.1, 0.15) is 25.0 Å². The first-order valence-electron chi connectivity index (χ1n) is 9.08. The molecule has 1 atom stereocenters. The molecule has 0 aliphatic carbocycles. The minimum absolute atomic E-state index is 0.197. The summed E-state index contributed by atoms with van der Waals surface area (Å²) in [5, 5.41) is 7.94. The Balaban J connectivity index is 1.67. The van der Waals surface area contributed by atoms with Crippen LogP contribution in [-0.2, 0) is 19.9 Å². The number of nitrogens with zero attached hydrogens (tertiary/aromatic N) is 1. The average molecular weight is 394 g/mol. The molecule has 2 aromatic carbocycles. The van der Waals surface area contributed by atoms with Crippen molar-refractivity contribution in [3.05, 3.63) is 59.7 Å². The summed E-state index contributed by atoms with van der Waals surface area (Å²) in [4.78, 5) is 49.5. The first-order chi connectivity index (χ1) is 13.7. The molecule has 150 valence electrons. The van der Waals surface area contributed by atoms with Crippen molar-refractivity contribution in [3.8, 4) is 0 Å². The van der Waals surface area contributed by atoms with Crippen LogP contribution in [0.2, 0.25) is 0 Å². The van der Waals surface area contributed by atoms with E-state index in [1.807, 2.05) is 19.1 Å². The summed E-state index contributed by atoms with van der Waals surface area (Å²) in [6.45, 7) is 4.55. The highest BCUT2D eigenvalue weighted by molar-refractivity contribution is 6.10. The van der Waals surface area contributed by atoms with E-state index in [0.717, 1.165) is 10.5 Å². The van der Waals surface area contributed by atoms with E-state index in [2.05, 4.69) is 16.0 Å². The first kappa shape index (κ1) is 20.1. The van der Waals surface area contributed by atoms with E-state index >= 15 is 0 Å². The highest BCUT2D eigenvalue weighted by Gasteiger charge is 2.49. The third-order valence-corrected chi connectivity index (χ3v) is 4.69. The van der Waals surface area contributed by atoms with Gasteiger partial charge in [0.25, 0.3) is 5.91 Å². The van der Waals surface area contributed by atoms with Crippen LogP contribution >= 0.6 is 0 Å². The van der Waals surface area contributed by atoms with Crippen LogP contribution in [-0.4, -0.2) is 35.2 Å². The number of aryl methyl sites for hydroxylation is 1. The summed E-state index contributed by atoms with van der Waals surface area (Å²) >= 11 is 0. The Labute approximate surface area is 168 Å². The molecule has 0 bridgehead atoms. The molecule has 5 amide bonds. The van der Waals surface area contributed by atoms with E-state index in [-0.39, 0.29) is 5.91 Å². The molecule has 0 aromatic heterocycles. The standard InChI is InChI=1S/C21H22N4O4/c1-13-4-6-15(7-5-13)21(3)19(28)25(20(29)24-21)12-18(27)23-17-10-8-16(9-11-17)22-14(2)26/h4-11H,12H2,1-3H3,(H,22,26)(H,23,27)(H,24,29). The zero-order valence-corrected chi connectivity index (χ0v) is 16.4. The molecule has 1 saturated heterocycles. The van der Waals surface area contributed by atoms with Gasteiger partial charge in [0.1, 0.15) is 12.1 Å². The van der Waals surface area contributed by atoms with Gasteiger partial charge in [0.05, 0.1) is 0 Å². The van der Waals surface area contributed by atoms with Gasteiger partial charge in [-0.15, -0.1) is 0 Å². The summed E-state index contributed by atoms with van der Waals surface area (Å²) in [7, 11) is 0. The molecule has 3 rings (SSSR count). The number of urea groups is 1. The zero-order chi connectivity index (χ0) is 21.2. The number of rotatable bonds is 5. The SMILES string of the molecule is CC(=O)Nc1ccc(NC(=O)CN2C(=O)NC(C)(c3ccc(C)cc3)C2=O)cc1. The lowest BCUT2D eigenvalue weighted by Gasteiger charge is -2.22. The number of anilines is 2. The number of carbonyl (C=O) groups is 4. The topological polar surface area (TPSA) is 108 Å². The lowest BCUT2D eigenvalue weighted by Crippen LogP contribution is -2.42. The maximum absolute atomic E-state index is 12.9. The van der Waals surface area contributed by atoms with Gasteiger partial charge in [-0.3, -0.25) is 19.3 Å². The van der Waals surface area contributed by atoms with Crippen molar-refractivity contribution < 1.29 is 19.2 Å². The van der Waals surface area contributed by atoms with Crippen LogP contribution in [0.15, 0.2) is 48.5 Å². The molecular weight excluding hydrogens is 372 g/mol. The van der Waals surface area contributed by atoms with Crippen LogP contribution in [0, 0.1) is 6.92 Å². The number of amides is 5. The Hall–Kier alpha value is -3.68. The molecule has 1 heterocycles. The van der Waals surface area contributed by atoms with Gasteiger partial charge in [0.15, 0.2) is 0 Å². The van der Waals surface area contributed by atoms with Gasteiger partial charge in [0, 0.05) is 18.3 Å². The highest BCUT2D eigenvalue weighted by Crippen LogP contribution is 2.29. The van der Waals surface area contributed by atoms with Crippen LogP contribution < -0.4 is 16.0 Å². The number of imide groups is 1. The molecule has 0 spiro atoms. The molecule has 1 aliphatic heterocycles. The zero-order valence-electron chi connectivity index (χ0n) is 16.4. The van der Waals surface area contributed by atoms with Gasteiger partial charge in [-0.05, 0) is 43.7 Å². The monoisotopic (exact) mass is 394 g/mol. The molecule has 8 heteroatoms. The van der Waals surface area contributed by atoms with Gasteiger partial charge in [-0.25, -0.2) is 4.79 Å². The maximum Gasteiger partial charge on any atom is 0.325 e. The largest absolute Gasteiger partial charge is 0.326 e. The van der Waals surface area contributed by atoms with E-state index < -0.39 is 29.9 Å². The third-order valence-electron chi connectivity index (χ3n) is 4.69. The molecular formula is C21H22N4O4. The fourth-order valence-electron chi connectivity index (χ4n) is 3.11. The molecule has 3 N–H and O–H groups in total. The Morgan fingerprint density at radius 1 is 0.966 bits per heavy atom. The third kappa shape index (κ3) is 4.26. The van der Waals surface area contributed by atoms with Crippen molar-refractivity contribution in [2.75, 3.05) is 17.2 Å². The second-order valence-corrected chi connectivity index (χ2v) is 7.12. The summed E-state index contributed by atoms with van der Waals surface area (Å²) < 4.78 is 0. The Morgan fingerprint density at radius 2 is 1.52 bits per heavy atom. The van der Waals surface area contributed by atoms with Crippen molar-refractivity contribution in [1.82, 2.24) is 10.2 Å². The Morgan fingerprint density at radius 3 is 2.07 bits per heavy atom. The van der Waals surface area contributed by atoms with Crippen molar-refractivity contribution in [3.63, 3.8) is 0 Å². The molecule has 8 nitrogen and oxygen atoms in total. The van der Waals surface area contributed by atoms with Crippen LogP contribution in [0.4, 0.5) is 16.2 Å². The number of nitrogens with one attached hydrogen (secondary N) is 3. The molecule has 2 aromatic rings. The van der Waals surface area contributed by atoms with E-state index in [0.29, 0.717) is 16.9 Å². The van der Waals surface area contributed by atoms with Gasteiger partial charge >= 0.3 is 6.03 Å². The molecule has 1 aliphatic rings. The summed E-state index contributed by atoms with van der Waals surface area (Å²) in [6, 6.07) is 13.2. The van der Waals surface area contributed by atoms with Crippen molar-refractivity contribution in [2.24, 2.45) is 0 Å². The Bertz CT molecular complexity index is 969. The maximum atomic E-state index is 12.9. The van der Waals surface area contributed by atoms with Gasteiger partial charge in [-0.1, -0.05) is 29.8 Å². The van der Waals surface area contributed by atoms with Gasteiger partial charge < -0.3 is 16.0 Å². The predicted molar refractivity (Wildman–Crippen MR) is 108 cm³/mol. The molecule has 29 heavy (non-hydrogen) atoms. The molecule has 0 radical (unpaired) electrons. The minimum Gasteiger partial charge on any atom is -0.326 e. The second kappa shape index (κ2) is 7.75. The van der Waals surface area contributed by atoms with E-state index in [4.69, 9.17) is 0 Å². The van der Waals surface area contributed by atoms with Crippen molar-refractivity contribution in [1.29, 1.82) is 0 Å². The van der Waals surface area contributed by atoms with E-state index in [1.165, 1.54) is 6.92 Å². The number of carbonyl (C=O) groups excluding carboxylic acids is 4. The first-order valence-corrected chi connectivity index (χ1v) is 9.08. The van der Waals surface area contributed by atoms with Crippen LogP contribution in [0.5, 0.6) is 0 Å². The predicted octanol–water partition coefficient (Wildman–Crippen LogP) is 2.36. The minimum atomic E-state index is -1.22. The number of hydrogen-bond acceptors (Lipinski definition) is 4. The summed E-state index contributed by atoms with van der Waals surface area (Å²) in [5.41, 5.74) is 1.55. The lowest BCUT2D eigenvalue weighted by molar-refractivity contribution is -0.133. The number of benzene rings is 2. The summed E-state index contributed by atoms with van der Waals surface area (Å²) in [6.07, 6.45) is 0. The van der Waals surface area contributed by atoms with E-state index in [9.17, 15) is 19.2 Å². The fourth-order valence-corrected chi connectivity index (χ4v) is 3.11. The summed E-state index contributed by atoms with van der Waals surface area (Å²) in [5.74, 6) is -1.19. The van der Waals surface area contributed by atoms with E-state index in [1.54, 1.807) is 43.3 Å². The van der Waals surface area contributed by atoms with Gasteiger partial charge in [-0.2, -0.15) is 0 Å². The quantitative estimate of drug-likeness (QED) is 0.677. The fraction of sp³-hybridized carbons (Fsp3) is 0.238. The molecule has 0 saturated carbocycles. The second-order valence-electron chi connectivity index (χ2n) is 7.12. The highest BCUT2D eigenvalue weighted by atomic mass is 16.2. The Kier molecular flexibility index (Phi) is 5.36. The molecule has 1 fully saturated rings. The lowest BCUT2D eigenvalue weighted by atomic mass is 9.91. The van der Waals surface area contributed by atoms with Gasteiger partial charge in [0.2, 0.25) is 11.8 Å². The van der Waals surface area contributed by atoms with Crippen LogP contribution in [0.3, 0.4) is 0 Å². The normalized spacial score (nSPS) is 18.4. The number of hydrogen-bond donors (Lipinski definition) is 3. The van der Waals surface area contributed by atoms with Crippen molar-refractivity contribution in [2.45, 2.75) is 26.3 Å². The average Bonchev–Trinajstić information content (AvgIpc) is 2.87.